The fourth-order valence-electron chi connectivity index (χ4n) is 1.70. The number of pyridine rings is 1. The second-order valence-corrected chi connectivity index (χ2v) is 3.91. The van der Waals surface area contributed by atoms with E-state index in [9.17, 15) is 0 Å². The number of hydrogen-bond donors (Lipinski definition) is 0. The summed E-state index contributed by atoms with van der Waals surface area (Å²) >= 11 is 0. The van der Waals surface area contributed by atoms with Gasteiger partial charge in [-0.05, 0) is 19.1 Å². The Labute approximate surface area is 103 Å². The molecule has 1 atom stereocenters. The quantitative estimate of drug-likeness (QED) is 0.705. The van der Waals surface area contributed by atoms with Crippen LogP contribution in [0.5, 0.6) is 0 Å². The Morgan fingerprint density at radius 3 is 3.11 bits per heavy atom. The normalized spacial score (nSPS) is 13.0. The van der Waals surface area contributed by atoms with E-state index in [1.54, 1.807) is 13.3 Å². The van der Waals surface area contributed by atoms with Crippen LogP contribution in [0.15, 0.2) is 35.1 Å². The van der Waals surface area contributed by atoms with E-state index in [1.807, 2.05) is 35.7 Å². The molecule has 3 aromatic rings. The molecule has 0 radical (unpaired) electrons. The Morgan fingerprint density at radius 2 is 2.28 bits per heavy atom. The Morgan fingerprint density at radius 1 is 1.39 bits per heavy atom. The third-order valence-corrected chi connectivity index (χ3v) is 2.79. The van der Waals surface area contributed by atoms with Crippen LogP contribution in [-0.2, 0) is 4.74 Å². The average Bonchev–Trinajstić information content (AvgIpc) is 3.03. The van der Waals surface area contributed by atoms with Gasteiger partial charge in [0.2, 0.25) is 5.82 Å². The van der Waals surface area contributed by atoms with Crippen LogP contribution in [0.3, 0.4) is 0 Å². The average molecular weight is 244 g/mol. The summed E-state index contributed by atoms with van der Waals surface area (Å²) in [5.41, 5.74) is 1.64. The summed E-state index contributed by atoms with van der Waals surface area (Å²) in [6, 6.07) is 5.78. The first-order valence-electron chi connectivity index (χ1n) is 5.58. The van der Waals surface area contributed by atoms with Gasteiger partial charge in [0, 0.05) is 13.3 Å². The van der Waals surface area contributed by atoms with E-state index >= 15 is 0 Å². The molecule has 0 N–H and O–H groups in total. The van der Waals surface area contributed by atoms with E-state index in [-0.39, 0.29) is 6.10 Å². The summed E-state index contributed by atoms with van der Waals surface area (Å²) in [5, 5.41) is 3.95. The van der Waals surface area contributed by atoms with Gasteiger partial charge in [-0.3, -0.25) is 4.40 Å². The molecule has 0 aliphatic rings. The van der Waals surface area contributed by atoms with Crippen LogP contribution in [0.25, 0.3) is 17.2 Å². The van der Waals surface area contributed by atoms with Crippen LogP contribution in [0, 0.1) is 0 Å². The molecule has 92 valence electrons. The molecule has 6 nitrogen and oxygen atoms in total. The minimum Gasteiger partial charge on any atom is -0.372 e. The van der Waals surface area contributed by atoms with Gasteiger partial charge in [-0.15, -0.1) is 0 Å². The Balaban J connectivity index is 2.07. The van der Waals surface area contributed by atoms with E-state index < -0.39 is 0 Å². The molecule has 6 heteroatoms. The highest BCUT2D eigenvalue weighted by molar-refractivity contribution is 5.56. The van der Waals surface area contributed by atoms with Crippen molar-refractivity contribution in [2.75, 3.05) is 7.11 Å². The summed E-state index contributed by atoms with van der Waals surface area (Å²) in [7, 11) is 1.60. The lowest BCUT2D eigenvalue weighted by molar-refractivity contribution is 0.0886. The van der Waals surface area contributed by atoms with Crippen molar-refractivity contribution in [3.63, 3.8) is 0 Å². The Hall–Kier alpha value is -2.21. The number of rotatable bonds is 3. The second-order valence-electron chi connectivity index (χ2n) is 3.91. The minimum absolute atomic E-state index is 0.217. The maximum atomic E-state index is 5.16. The maximum Gasteiger partial charge on any atom is 0.255 e. The Bertz CT molecular complexity index is 673. The number of hydrogen-bond acceptors (Lipinski definition) is 5. The monoisotopic (exact) mass is 244 g/mol. The molecule has 0 aliphatic carbocycles. The molecule has 0 saturated carbocycles. The zero-order chi connectivity index (χ0) is 12.5. The predicted molar refractivity (Wildman–Crippen MR) is 63.9 cm³/mol. The zero-order valence-electron chi connectivity index (χ0n) is 10.1. The van der Waals surface area contributed by atoms with Gasteiger partial charge in [-0.25, -0.2) is 4.98 Å². The molecule has 0 aliphatic heterocycles. The SMILES string of the molecule is COC(C)c1nc(-c2cnc3ccccn23)no1. The number of nitrogens with zero attached hydrogens (tertiary/aromatic N) is 4. The van der Waals surface area contributed by atoms with Crippen LogP contribution in [0.1, 0.15) is 18.9 Å². The van der Waals surface area contributed by atoms with Crippen molar-refractivity contribution < 1.29 is 9.26 Å². The third kappa shape index (κ3) is 1.67. The lowest BCUT2D eigenvalue weighted by atomic mass is 10.4. The second kappa shape index (κ2) is 4.23. The summed E-state index contributed by atoms with van der Waals surface area (Å²) in [6.45, 7) is 1.85. The highest BCUT2D eigenvalue weighted by Gasteiger charge is 2.16. The number of fused-ring (bicyclic) bond motifs is 1. The molecule has 0 saturated heterocycles. The molecule has 1 unspecified atom stereocenters. The zero-order valence-corrected chi connectivity index (χ0v) is 10.1. The molecule has 3 rings (SSSR count). The van der Waals surface area contributed by atoms with Gasteiger partial charge in [0.05, 0.1) is 6.20 Å². The van der Waals surface area contributed by atoms with Crippen LogP contribution in [0.2, 0.25) is 0 Å². The number of imidazole rings is 1. The van der Waals surface area contributed by atoms with Gasteiger partial charge in [0.25, 0.3) is 5.89 Å². The minimum atomic E-state index is -0.217. The van der Waals surface area contributed by atoms with Crippen LogP contribution < -0.4 is 0 Å². The van der Waals surface area contributed by atoms with Gasteiger partial charge in [0.1, 0.15) is 17.4 Å². The van der Waals surface area contributed by atoms with Gasteiger partial charge in [0.15, 0.2) is 0 Å². The van der Waals surface area contributed by atoms with E-state index in [0.717, 1.165) is 11.3 Å². The molecular weight excluding hydrogens is 232 g/mol. The van der Waals surface area contributed by atoms with Crippen molar-refractivity contribution in [1.29, 1.82) is 0 Å². The maximum absolute atomic E-state index is 5.16. The lowest BCUT2D eigenvalue weighted by Crippen LogP contribution is -1.96. The van der Waals surface area contributed by atoms with Crippen LogP contribution in [0.4, 0.5) is 0 Å². The number of aromatic nitrogens is 4. The van der Waals surface area contributed by atoms with Crippen molar-refractivity contribution in [2.45, 2.75) is 13.0 Å². The first-order chi connectivity index (χ1) is 8.79. The summed E-state index contributed by atoms with van der Waals surface area (Å²) in [5.74, 6) is 0.964. The molecule has 0 spiro atoms. The summed E-state index contributed by atoms with van der Waals surface area (Å²) in [4.78, 5) is 8.59. The molecule has 3 heterocycles. The van der Waals surface area contributed by atoms with E-state index in [4.69, 9.17) is 9.26 Å². The van der Waals surface area contributed by atoms with Crippen LogP contribution in [-0.4, -0.2) is 26.6 Å². The van der Waals surface area contributed by atoms with E-state index in [0.29, 0.717) is 11.7 Å². The van der Waals surface area contributed by atoms with Crippen molar-refractivity contribution in [1.82, 2.24) is 19.5 Å². The molecule has 18 heavy (non-hydrogen) atoms. The fourth-order valence-corrected chi connectivity index (χ4v) is 1.70. The summed E-state index contributed by atoms with van der Waals surface area (Å²) < 4.78 is 12.2. The van der Waals surface area contributed by atoms with Gasteiger partial charge in [-0.1, -0.05) is 11.2 Å². The van der Waals surface area contributed by atoms with Crippen molar-refractivity contribution in [2.24, 2.45) is 0 Å². The van der Waals surface area contributed by atoms with Crippen molar-refractivity contribution in [3.05, 3.63) is 36.5 Å². The van der Waals surface area contributed by atoms with Crippen LogP contribution >= 0.6 is 0 Å². The van der Waals surface area contributed by atoms with E-state index in [2.05, 4.69) is 15.1 Å². The molecule has 0 fully saturated rings. The molecular formula is C12H12N4O2. The first kappa shape index (κ1) is 10.9. The highest BCUT2D eigenvalue weighted by Crippen LogP contribution is 2.20. The first-order valence-corrected chi connectivity index (χ1v) is 5.58. The van der Waals surface area contributed by atoms with Gasteiger partial charge in [-0.2, -0.15) is 4.98 Å². The topological polar surface area (TPSA) is 65.5 Å². The molecule has 0 aromatic carbocycles. The van der Waals surface area contributed by atoms with Crippen molar-refractivity contribution >= 4 is 5.65 Å². The molecule has 3 aromatic heterocycles. The predicted octanol–water partition coefficient (Wildman–Crippen LogP) is 2.09. The fraction of sp³-hybridized carbons (Fsp3) is 0.250. The lowest BCUT2D eigenvalue weighted by Gasteiger charge is -2.00. The molecule has 0 amide bonds. The van der Waals surface area contributed by atoms with Crippen molar-refractivity contribution in [3.8, 4) is 11.5 Å². The van der Waals surface area contributed by atoms with Gasteiger partial charge >= 0.3 is 0 Å². The Kier molecular flexibility index (Phi) is 2.56. The van der Waals surface area contributed by atoms with E-state index in [1.165, 1.54) is 0 Å². The smallest absolute Gasteiger partial charge is 0.255 e. The largest absolute Gasteiger partial charge is 0.372 e. The van der Waals surface area contributed by atoms with Gasteiger partial charge < -0.3 is 9.26 Å². The highest BCUT2D eigenvalue weighted by atomic mass is 16.5. The number of methoxy groups -OCH3 is 1. The number of ether oxygens (including phenoxy) is 1. The third-order valence-electron chi connectivity index (χ3n) is 2.79. The summed E-state index contributed by atoms with van der Waals surface area (Å²) in [6.07, 6.45) is 3.42. The standard InChI is InChI=1S/C12H12N4O2/c1-8(17-2)12-14-11(15-18-12)9-7-13-10-5-3-4-6-16(9)10/h3-8H,1-2H3. The molecule has 0 bridgehead atoms.